The van der Waals surface area contributed by atoms with E-state index in [1.807, 2.05) is 131 Å². The number of aromatic nitrogens is 11. The standard InChI is InChI=1S/3C8H11N.2C7H9N.C6H8N2.C6H7NO.C6H7N.C5H6N2/c1-6-4-8(3)9-5-7(6)2;1-6-4-7(2)8(3)9-5-6;1-6-4-7(2)9-8(3)5-6;1-6-3-4-8-5-7(6)2;1-6-3-4-8-7(2)5-6;1-5-3-4-7-6(2)8-5;1-6-2-4-7(8)5-3-6;1-6-2-4-7-5-3-6;1-5-6-3-2-4-7-5/h3*4-5H,1-3H3;2*3-5H,1-2H3;3-4H,1-2H3;2-5H,1H3;2-5H,1H3;2-4H,1H3. The average molecular weight is 982 g/mol. The molecule has 9 aromatic heterocycles. The Bertz CT molecular complexity index is 2640. The molecular formula is C61H79N11O. The number of nitrogens with zero attached hydrogens (tertiary/aromatic N) is 11. The van der Waals surface area contributed by atoms with E-state index in [4.69, 9.17) is 0 Å². The number of pyridine rings is 7. The molecule has 9 rings (SSSR count). The fraction of sp³-hybridized carbons (Fsp3) is 0.295. The molecule has 0 saturated carbocycles. The molecule has 9 aromatic rings. The number of rotatable bonds is 0. The second-order valence-electron chi connectivity index (χ2n) is 17.5. The lowest BCUT2D eigenvalue weighted by Crippen LogP contribution is -2.23. The Morgan fingerprint density at radius 3 is 1.21 bits per heavy atom. The van der Waals surface area contributed by atoms with Crippen molar-refractivity contribution >= 4 is 0 Å². The van der Waals surface area contributed by atoms with Crippen molar-refractivity contribution < 1.29 is 4.73 Å². The Morgan fingerprint density at radius 2 is 0.836 bits per heavy atom. The minimum Gasteiger partial charge on any atom is -0.619 e. The lowest BCUT2D eigenvalue weighted by atomic mass is 10.2. The first-order valence-electron chi connectivity index (χ1n) is 24.0. The quantitative estimate of drug-likeness (QED) is 0.105. The van der Waals surface area contributed by atoms with Gasteiger partial charge in [-0.2, -0.15) is 4.73 Å². The molecule has 9 heterocycles. The first kappa shape index (κ1) is 63.0. The molecule has 384 valence electrons. The maximum absolute atomic E-state index is 10.3. The first-order valence-corrected chi connectivity index (χ1v) is 24.0. The maximum Gasteiger partial charge on any atom is 0.180 e. The van der Waals surface area contributed by atoms with Gasteiger partial charge in [0.2, 0.25) is 0 Å². The third-order valence-corrected chi connectivity index (χ3v) is 9.99. The Kier molecular flexibility index (Phi) is 31.1. The minimum absolute atomic E-state index is 0.771. The third-order valence-electron chi connectivity index (χ3n) is 9.99. The summed E-state index contributed by atoms with van der Waals surface area (Å²) in [4.78, 5) is 40.1. The van der Waals surface area contributed by atoms with Gasteiger partial charge in [0.05, 0.1) is 0 Å². The van der Waals surface area contributed by atoms with Crippen LogP contribution in [0.25, 0.3) is 0 Å². The van der Waals surface area contributed by atoms with Crippen molar-refractivity contribution in [2.24, 2.45) is 0 Å². The van der Waals surface area contributed by atoms with Gasteiger partial charge in [-0.1, -0.05) is 6.07 Å². The van der Waals surface area contributed by atoms with Crippen LogP contribution in [0.3, 0.4) is 0 Å². The van der Waals surface area contributed by atoms with Crippen molar-refractivity contribution in [3.05, 3.63) is 260 Å². The Labute approximate surface area is 437 Å². The van der Waals surface area contributed by atoms with Crippen molar-refractivity contribution in [1.29, 1.82) is 0 Å². The van der Waals surface area contributed by atoms with Crippen LogP contribution < -0.4 is 4.73 Å². The van der Waals surface area contributed by atoms with Gasteiger partial charge < -0.3 is 5.21 Å². The van der Waals surface area contributed by atoms with Gasteiger partial charge in [0.1, 0.15) is 11.6 Å². The maximum atomic E-state index is 10.3. The van der Waals surface area contributed by atoms with Crippen LogP contribution in [-0.2, 0) is 0 Å². The summed E-state index contributed by atoms with van der Waals surface area (Å²) in [6.45, 7) is 36.3. The highest BCUT2D eigenvalue weighted by atomic mass is 16.5. The Balaban J connectivity index is 0.000000411. The van der Waals surface area contributed by atoms with Crippen LogP contribution in [0.15, 0.2) is 153 Å². The molecule has 0 N–H and O–H groups in total. The van der Waals surface area contributed by atoms with E-state index in [2.05, 4.69) is 136 Å². The van der Waals surface area contributed by atoms with Crippen molar-refractivity contribution in [2.45, 2.75) is 125 Å². The smallest absolute Gasteiger partial charge is 0.180 e. The summed E-state index contributed by atoms with van der Waals surface area (Å²) < 4.78 is 0.771. The Hall–Kier alpha value is -7.99. The lowest BCUT2D eigenvalue weighted by Gasteiger charge is -1.97. The molecule has 0 fully saturated rings. The van der Waals surface area contributed by atoms with Crippen LogP contribution in [0.2, 0.25) is 0 Å². The summed E-state index contributed by atoms with van der Waals surface area (Å²) in [7, 11) is 0. The van der Waals surface area contributed by atoms with Gasteiger partial charge in [-0.15, -0.1) is 0 Å². The minimum atomic E-state index is 0.771. The lowest BCUT2D eigenvalue weighted by molar-refractivity contribution is -0.605. The second-order valence-corrected chi connectivity index (χ2v) is 17.5. The van der Waals surface area contributed by atoms with Crippen LogP contribution in [0.1, 0.15) is 101 Å². The van der Waals surface area contributed by atoms with Gasteiger partial charge in [0, 0.05) is 108 Å². The summed E-state index contributed by atoms with van der Waals surface area (Å²) in [5, 5.41) is 10.3. The molecule has 0 unspecified atom stereocenters. The fourth-order valence-electron chi connectivity index (χ4n) is 5.68. The van der Waals surface area contributed by atoms with Crippen LogP contribution >= 0.6 is 0 Å². The van der Waals surface area contributed by atoms with Crippen LogP contribution in [0.5, 0.6) is 0 Å². The van der Waals surface area contributed by atoms with E-state index < -0.39 is 0 Å². The van der Waals surface area contributed by atoms with E-state index in [9.17, 15) is 5.21 Å². The monoisotopic (exact) mass is 982 g/mol. The highest BCUT2D eigenvalue weighted by Gasteiger charge is 1.93. The topological polar surface area (TPSA) is 156 Å². The predicted molar refractivity (Wildman–Crippen MR) is 300 cm³/mol. The highest BCUT2D eigenvalue weighted by Crippen LogP contribution is 2.06. The van der Waals surface area contributed by atoms with Gasteiger partial charge in [-0.25, -0.2) is 19.9 Å². The normalized spacial score (nSPS) is 9.29. The summed E-state index contributed by atoms with van der Waals surface area (Å²) in [5.74, 6) is 1.66. The fourth-order valence-corrected chi connectivity index (χ4v) is 5.68. The summed E-state index contributed by atoms with van der Waals surface area (Å²) in [6, 6.07) is 25.6. The van der Waals surface area contributed by atoms with E-state index in [1.165, 1.54) is 62.5 Å². The molecule has 0 atom stereocenters. The van der Waals surface area contributed by atoms with E-state index in [-0.39, 0.29) is 0 Å². The molecule has 0 aliphatic carbocycles. The largest absolute Gasteiger partial charge is 0.619 e. The van der Waals surface area contributed by atoms with Gasteiger partial charge in [-0.3, -0.25) is 29.9 Å². The molecule has 0 aliphatic rings. The molecule has 0 spiro atoms. The van der Waals surface area contributed by atoms with Gasteiger partial charge >= 0.3 is 0 Å². The summed E-state index contributed by atoms with van der Waals surface area (Å²) in [6.07, 6.45) is 21.0. The summed E-state index contributed by atoms with van der Waals surface area (Å²) >= 11 is 0. The molecule has 73 heavy (non-hydrogen) atoms. The molecule has 0 radical (unpaired) electrons. The molecule has 0 bridgehead atoms. The number of aryl methyl sites for hydroxylation is 18. The zero-order chi connectivity index (χ0) is 54.7. The molecule has 12 nitrogen and oxygen atoms in total. The van der Waals surface area contributed by atoms with Crippen LogP contribution in [-0.4, -0.2) is 49.8 Å². The number of hydrogen-bond donors (Lipinski definition) is 0. The van der Waals surface area contributed by atoms with Crippen LogP contribution in [0.4, 0.5) is 0 Å². The molecule has 12 heteroatoms. The van der Waals surface area contributed by atoms with Gasteiger partial charge in [-0.05, 0) is 241 Å². The van der Waals surface area contributed by atoms with Gasteiger partial charge in [0.15, 0.2) is 12.4 Å². The van der Waals surface area contributed by atoms with Gasteiger partial charge in [0.25, 0.3) is 0 Å². The van der Waals surface area contributed by atoms with Crippen molar-refractivity contribution in [3.63, 3.8) is 0 Å². The number of hydrogen-bond acceptors (Lipinski definition) is 11. The Morgan fingerprint density at radius 1 is 0.315 bits per heavy atom. The predicted octanol–water partition coefficient (Wildman–Crippen LogP) is 13.3. The van der Waals surface area contributed by atoms with E-state index in [1.54, 1.807) is 49.2 Å². The molecular weight excluding hydrogens is 903 g/mol. The third kappa shape index (κ3) is 32.5. The van der Waals surface area contributed by atoms with E-state index >= 15 is 0 Å². The molecule has 0 amide bonds. The first-order chi connectivity index (χ1) is 34.5. The van der Waals surface area contributed by atoms with Crippen molar-refractivity contribution in [2.75, 3.05) is 0 Å². The van der Waals surface area contributed by atoms with E-state index in [0.717, 1.165) is 56.1 Å². The second kappa shape index (κ2) is 36.0. The summed E-state index contributed by atoms with van der Waals surface area (Å²) in [5.41, 5.74) is 19.1. The zero-order valence-corrected chi connectivity index (χ0v) is 46.8. The highest BCUT2D eigenvalue weighted by molar-refractivity contribution is 5.23. The van der Waals surface area contributed by atoms with Crippen molar-refractivity contribution in [3.8, 4) is 0 Å². The zero-order valence-electron chi connectivity index (χ0n) is 46.8. The molecule has 0 saturated heterocycles. The SMILES string of the molecule is Cc1cc(C)c(C)cn1.Cc1cc(C)nc(C)c1.Cc1cc[n+]([O-])cc1.Cc1ccnc(C)c1.Cc1ccnc(C)n1.Cc1ccncc1.Cc1ccncc1C.Cc1cnc(C)c(C)c1.Cc1ncccn1. The van der Waals surface area contributed by atoms with E-state index in [0.29, 0.717) is 0 Å². The molecule has 0 aliphatic heterocycles. The molecule has 0 aromatic carbocycles. The average Bonchev–Trinajstić information content (AvgIpc) is 3.33. The van der Waals surface area contributed by atoms with Crippen molar-refractivity contribution in [1.82, 2.24) is 49.8 Å². The van der Waals surface area contributed by atoms with Crippen LogP contribution in [0, 0.1) is 130 Å².